The van der Waals surface area contributed by atoms with Crippen molar-refractivity contribution < 1.29 is 22.7 Å². The highest BCUT2D eigenvalue weighted by molar-refractivity contribution is 5.71. The van der Waals surface area contributed by atoms with Gasteiger partial charge < -0.3 is 4.74 Å². The fourth-order valence-corrected chi connectivity index (χ4v) is 1.63. The number of halogens is 3. The highest BCUT2D eigenvalue weighted by Crippen LogP contribution is 2.28. The number of rotatable bonds is 2. The maximum Gasteiger partial charge on any atom is 0.416 e. The predicted octanol–water partition coefficient (Wildman–Crippen LogP) is 3.82. The molecule has 2 aromatic rings. The Kier molecular flexibility index (Phi) is 5.02. The van der Waals surface area contributed by atoms with Crippen LogP contribution in [0.3, 0.4) is 0 Å². The van der Waals surface area contributed by atoms with Crippen molar-refractivity contribution in [1.82, 2.24) is 4.98 Å². The molecule has 0 N–H and O–H groups in total. The first-order chi connectivity index (χ1) is 10.9. The topological polar surface area (TPSA) is 39.2 Å². The van der Waals surface area contributed by atoms with E-state index >= 15 is 0 Å². The van der Waals surface area contributed by atoms with Gasteiger partial charge in [-0.05, 0) is 36.3 Å². The Labute approximate surface area is 131 Å². The minimum absolute atomic E-state index is 0.245. The van der Waals surface area contributed by atoms with Crippen molar-refractivity contribution in [3.8, 4) is 17.6 Å². The van der Waals surface area contributed by atoms with Gasteiger partial charge in [-0.25, -0.2) is 4.98 Å². The molecule has 1 heterocycles. The summed E-state index contributed by atoms with van der Waals surface area (Å²) >= 11 is 0. The SMILES string of the molecule is CCC(=O)Oc1ccnc(C#Cc2ccc(C(F)(F)F)cc2)c1. The monoisotopic (exact) mass is 319 g/mol. The quantitative estimate of drug-likeness (QED) is 0.624. The van der Waals surface area contributed by atoms with Gasteiger partial charge >= 0.3 is 12.1 Å². The number of alkyl halides is 3. The van der Waals surface area contributed by atoms with Crippen molar-refractivity contribution in [2.75, 3.05) is 0 Å². The standard InChI is InChI=1S/C17H12F3NO2/c1-2-16(22)23-15-9-10-21-14(11-15)8-5-12-3-6-13(7-4-12)17(18,19)20/h3-4,6-7,9-11H,2H2,1H3. The molecule has 0 atom stereocenters. The summed E-state index contributed by atoms with van der Waals surface area (Å²) in [4.78, 5) is 15.2. The molecule has 0 saturated carbocycles. The van der Waals surface area contributed by atoms with E-state index in [9.17, 15) is 18.0 Å². The summed E-state index contributed by atoms with van der Waals surface area (Å²) in [5, 5.41) is 0. The molecule has 0 bridgehead atoms. The average Bonchev–Trinajstić information content (AvgIpc) is 2.53. The molecule has 6 heteroatoms. The minimum atomic E-state index is -4.37. The van der Waals surface area contributed by atoms with Crippen molar-refractivity contribution in [2.45, 2.75) is 19.5 Å². The molecule has 0 aliphatic heterocycles. The second-order valence-corrected chi connectivity index (χ2v) is 4.53. The van der Waals surface area contributed by atoms with Gasteiger partial charge in [0.15, 0.2) is 0 Å². The van der Waals surface area contributed by atoms with Gasteiger partial charge in [0.25, 0.3) is 0 Å². The molecular formula is C17H12F3NO2. The molecule has 0 fully saturated rings. The van der Waals surface area contributed by atoms with Crippen molar-refractivity contribution in [1.29, 1.82) is 0 Å². The van der Waals surface area contributed by atoms with Gasteiger partial charge in [0.1, 0.15) is 11.4 Å². The van der Waals surface area contributed by atoms with E-state index in [1.165, 1.54) is 30.5 Å². The zero-order valence-corrected chi connectivity index (χ0v) is 12.1. The van der Waals surface area contributed by atoms with E-state index in [0.29, 0.717) is 17.0 Å². The van der Waals surface area contributed by atoms with Gasteiger partial charge in [0, 0.05) is 24.2 Å². The number of carbonyl (C=O) groups is 1. The van der Waals surface area contributed by atoms with Crippen LogP contribution < -0.4 is 4.74 Å². The van der Waals surface area contributed by atoms with Gasteiger partial charge in [0.2, 0.25) is 0 Å². The largest absolute Gasteiger partial charge is 0.426 e. The lowest BCUT2D eigenvalue weighted by atomic mass is 10.1. The van der Waals surface area contributed by atoms with Crippen LogP contribution in [0.2, 0.25) is 0 Å². The Balaban J connectivity index is 2.15. The Morgan fingerprint density at radius 3 is 2.48 bits per heavy atom. The number of hydrogen-bond donors (Lipinski definition) is 0. The van der Waals surface area contributed by atoms with Crippen LogP contribution in [0.1, 0.15) is 30.2 Å². The second-order valence-electron chi connectivity index (χ2n) is 4.53. The third-order valence-electron chi connectivity index (χ3n) is 2.80. The van der Waals surface area contributed by atoms with Gasteiger partial charge in [-0.15, -0.1) is 0 Å². The smallest absolute Gasteiger partial charge is 0.416 e. The first-order valence-electron chi connectivity index (χ1n) is 6.74. The van der Waals surface area contributed by atoms with E-state index in [1.807, 2.05) is 0 Å². The summed E-state index contributed by atoms with van der Waals surface area (Å²) in [6, 6.07) is 7.53. The summed E-state index contributed by atoms with van der Waals surface area (Å²) in [5.41, 5.74) is 0.0525. The molecule has 1 aromatic heterocycles. The lowest BCUT2D eigenvalue weighted by Gasteiger charge is -2.05. The summed E-state index contributed by atoms with van der Waals surface area (Å²) in [5.74, 6) is 5.38. The maximum absolute atomic E-state index is 12.5. The molecule has 1 aromatic carbocycles. The molecule has 0 amide bonds. The van der Waals surface area contributed by atoms with Gasteiger partial charge in [0.05, 0.1) is 5.56 Å². The third-order valence-corrected chi connectivity index (χ3v) is 2.80. The van der Waals surface area contributed by atoms with E-state index in [1.54, 1.807) is 6.92 Å². The molecule has 0 aliphatic carbocycles. The highest BCUT2D eigenvalue weighted by atomic mass is 19.4. The molecular weight excluding hydrogens is 307 g/mol. The maximum atomic E-state index is 12.5. The van der Waals surface area contributed by atoms with Crippen molar-refractivity contribution in [3.63, 3.8) is 0 Å². The number of esters is 1. The predicted molar refractivity (Wildman–Crippen MR) is 77.6 cm³/mol. The molecule has 2 rings (SSSR count). The van der Waals surface area contributed by atoms with E-state index in [-0.39, 0.29) is 12.4 Å². The Hall–Kier alpha value is -2.81. The summed E-state index contributed by atoms with van der Waals surface area (Å²) < 4.78 is 42.4. The minimum Gasteiger partial charge on any atom is -0.426 e. The molecule has 3 nitrogen and oxygen atoms in total. The molecule has 0 aliphatic rings. The van der Waals surface area contributed by atoms with Gasteiger partial charge in [-0.1, -0.05) is 12.8 Å². The number of ether oxygens (including phenoxy) is 1. The number of hydrogen-bond acceptors (Lipinski definition) is 3. The highest BCUT2D eigenvalue weighted by Gasteiger charge is 2.29. The number of carbonyl (C=O) groups excluding carboxylic acids is 1. The number of benzene rings is 1. The molecule has 0 unspecified atom stereocenters. The van der Waals surface area contributed by atoms with Crippen LogP contribution in [-0.2, 0) is 11.0 Å². The first kappa shape index (κ1) is 16.6. The molecule has 23 heavy (non-hydrogen) atoms. The molecule has 0 saturated heterocycles. The van der Waals surface area contributed by atoms with Crippen LogP contribution in [0.4, 0.5) is 13.2 Å². The number of nitrogens with zero attached hydrogens (tertiary/aromatic N) is 1. The third kappa shape index (κ3) is 4.85. The summed E-state index contributed by atoms with van der Waals surface area (Å²) in [7, 11) is 0. The van der Waals surface area contributed by atoms with Crippen LogP contribution in [0.15, 0.2) is 42.6 Å². The van der Waals surface area contributed by atoms with Crippen LogP contribution in [0.25, 0.3) is 0 Å². The molecule has 118 valence electrons. The van der Waals surface area contributed by atoms with Gasteiger partial charge in [-0.2, -0.15) is 13.2 Å². The Morgan fingerprint density at radius 1 is 1.17 bits per heavy atom. The van der Waals surface area contributed by atoms with E-state index in [4.69, 9.17) is 4.74 Å². The van der Waals surface area contributed by atoms with Crippen molar-refractivity contribution in [2.24, 2.45) is 0 Å². The number of pyridine rings is 1. The van der Waals surface area contributed by atoms with Crippen LogP contribution in [-0.4, -0.2) is 11.0 Å². The zero-order chi connectivity index (χ0) is 16.9. The van der Waals surface area contributed by atoms with Crippen LogP contribution in [0.5, 0.6) is 5.75 Å². The number of aromatic nitrogens is 1. The summed E-state index contributed by atoms with van der Waals surface area (Å²) in [6.45, 7) is 1.68. The van der Waals surface area contributed by atoms with Gasteiger partial charge in [-0.3, -0.25) is 4.79 Å². The second kappa shape index (κ2) is 6.97. The van der Waals surface area contributed by atoms with Crippen molar-refractivity contribution >= 4 is 5.97 Å². The molecule has 0 spiro atoms. The summed E-state index contributed by atoms with van der Waals surface area (Å²) in [6.07, 6.45) is -2.69. The average molecular weight is 319 g/mol. The Bertz CT molecular complexity index is 756. The van der Waals surface area contributed by atoms with E-state index in [0.717, 1.165) is 12.1 Å². The molecule has 0 radical (unpaired) electrons. The van der Waals surface area contributed by atoms with E-state index < -0.39 is 11.7 Å². The fourth-order valence-electron chi connectivity index (χ4n) is 1.63. The van der Waals surface area contributed by atoms with Crippen LogP contribution >= 0.6 is 0 Å². The zero-order valence-electron chi connectivity index (χ0n) is 12.1. The Morgan fingerprint density at radius 2 is 1.87 bits per heavy atom. The van der Waals surface area contributed by atoms with Crippen LogP contribution in [0, 0.1) is 11.8 Å². The van der Waals surface area contributed by atoms with E-state index in [2.05, 4.69) is 16.8 Å². The normalized spacial score (nSPS) is 10.6. The van der Waals surface area contributed by atoms with Crippen molar-refractivity contribution in [3.05, 3.63) is 59.4 Å². The lowest BCUT2D eigenvalue weighted by Crippen LogP contribution is -2.05. The fraction of sp³-hybridized carbons (Fsp3) is 0.176. The first-order valence-corrected chi connectivity index (χ1v) is 6.74. The lowest BCUT2D eigenvalue weighted by molar-refractivity contribution is -0.137.